The molecule has 0 fully saturated rings. The number of nitrogens with zero attached hydrogens (tertiary/aromatic N) is 1. The fourth-order valence-corrected chi connectivity index (χ4v) is 3.88. The molecule has 1 aliphatic carbocycles. The highest BCUT2D eigenvalue weighted by atomic mass is 16.6. The molecule has 6 heteroatoms. The molecule has 3 atom stereocenters. The van der Waals surface area contributed by atoms with Gasteiger partial charge in [-0.2, -0.15) is 0 Å². The van der Waals surface area contributed by atoms with Gasteiger partial charge in [0, 0.05) is 23.7 Å². The van der Waals surface area contributed by atoms with Gasteiger partial charge in [-0.3, -0.25) is 10.1 Å². The maximum Gasteiger partial charge on any atom is 0.269 e. The van der Waals surface area contributed by atoms with E-state index in [9.17, 15) is 20.0 Å². The highest BCUT2D eigenvalue weighted by Crippen LogP contribution is 2.50. The van der Waals surface area contributed by atoms with Crippen molar-refractivity contribution in [2.45, 2.75) is 18.4 Å². The van der Waals surface area contributed by atoms with E-state index in [1.54, 1.807) is 24.3 Å². The molecular weight excluding hydrogens is 320 g/mol. The van der Waals surface area contributed by atoms with E-state index < -0.39 is 10.9 Å². The Morgan fingerprint density at radius 2 is 2.04 bits per heavy atom. The van der Waals surface area contributed by atoms with Gasteiger partial charge in [0.2, 0.25) is 0 Å². The number of non-ortho nitro benzene ring substituents is 1. The van der Waals surface area contributed by atoms with E-state index in [4.69, 9.17) is 0 Å². The molecule has 6 nitrogen and oxygen atoms in total. The van der Waals surface area contributed by atoms with Gasteiger partial charge < -0.3 is 15.2 Å². The lowest BCUT2D eigenvalue weighted by Gasteiger charge is -2.37. The Labute approximate surface area is 144 Å². The van der Waals surface area contributed by atoms with Crippen LogP contribution in [0.4, 0.5) is 11.4 Å². The van der Waals surface area contributed by atoms with Crippen molar-refractivity contribution in [3.63, 3.8) is 0 Å². The zero-order chi connectivity index (χ0) is 17.6. The van der Waals surface area contributed by atoms with Crippen molar-refractivity contribution in [1.29, 1.82) is 0 Å². The molecule has 0 saturated heterocycles. The minimum atomic E-state index is -1.19. The Morgan fingerprint density at radius 3 is 2.80 bits per heavy atom. The zero-order valence-corrected chi connectivity index (χ0v) is 13.2. The highest BCUT2D eigenvalue weighted by Gasteiger charge is 2.38. The number of rotatable bonds is 3. The van der Waals surface area contributed by atoms with E-state index in [1.807, 2.05) is 6.07 Å². The standard InChI is InChI=1S/C19H16N2O4/c22-19(23)12-7-8-17-16(10-12)14-5-2-6-15(14)18(20-17)11-3-1-4-13(9-11)21(24)25/h1-5,7-10,14-15,18,20H,6H2,(H,22,23)/p-1/t14-,15-,18-/m0/s1. The third-order valence-electron chi connectivity index (χ3n) is 5.04. The van der Waals surface area contributed by atoms with Gasteiger partial charge >= 0.3 is 0 Å². The van der Waals surface area contributed by atoms with Crippen LogP contribution in [0.2, 0.25) is 0 Å². The predicted octanol–water partition coefficient (Wildman–Crippen LogP) is 2.78. The van der Waals surface area contributed by atoms with Crippen LogP contribution in [0.3, 0.4) is 0 Å². The summed E-state index contributed by atoms with van der Waals surface area (Å²) in [7, 11) is 0. The lowest BCUT2D eigenvalue weighted by Crippen LogP contribution is -2.30. The predicted molar refractivity (Wildman–Crippen MR) is 90.2 cm³/mol. The van der Waals surface area contributed by atoms with Crippen molar-refractivity contribution in [1.82, 2.24) is 0 Å². The number of benzene rings is 2. The molecule has 0 amide bonds. The van der Waals surface area contributed by atoms with Gasteiger partial charge in [-0.1, -0.05) is 30.4 Å². The first-order chi connectivity index (χ1) is 12.0. The number of carboxylic acid groups (broad SMARTS) is 1. The van der Waals surface area contributed by atoms with Crippen LogP contribution in [-0.4, -0.2) is 10.9 Å². The summed E-state index contributed by atoms with van der Waals surface area (Å²) in [5, 5.41) is 25.7. The summed E-state index contributed by atoms with van der Waals surface area (Å²) in [4.78, 5) is 21.8. The Morgan fingerprint density at radius 1 is 1.20 bits per heavy atom. The normalized spacial score (nSPS) is 23.4. The Hall–Kier alpha value is -3.15. The maximum absolute atomic E-state index is 11.2. The van der Waals surface area contributed by atoms with Crippen LogP contribution in [0.1, 0.15) is 39.9 Å². The first-order valence-corrected chi connectivity index (χ1v) is 8.07. The topological polar surface area (TPSA) is 95.3 Å². The number of anilines is 1. The largest absolute Gasteiger partial charge is 0.545 e. The number of hydrogen-bond donors (Lipinski definition) is 1. The third kappa shape index (κ3) is 2.55. The van der Waals surface area contributed by atoms with Crippen molar-refractivity contribution >= 4 is 17.3 Å². The zero-order valence-electron chi connectivity index (χ0n) is 13.2. The van der Waals surface area contributed by atoms with Crippen LogP contribution in [0, 0.1) is 16.0 Å². The molecule has 126 valence electrons. The third-order valence-corrected chi connectivity index (χ3v) is 5.04. The smallest absolute Gasteiger partial charge is 0.269 e. The Balaban J connectivity index is 1.77. The second-order valence-electron chi connectivity index (χ2n) is 6.42. The van der Waals surface area contributed by atoms with E-state index in [0.717, 1.165) is 23.2 Å². The van der Waals surface area contributed by atoms with Gasteiger partial charge in [0.05, 0.1) is 16.9 Å². The van der Waals surface area contributed by atoms with Crippen molar-refractivity contribution in [2.75, 3.05) is 5.32 Å². The minimum Gasteiger partial charge on any atom is -0.545 e. The van der Waals surface area contributed by atoms with Crippen molar-refractivity contribution in [2.24, 2.45) is 5.92 Å². The van der Waals surface area contributed by atoms with Crippen molar-refractivity contribution < 1.29 is 14.8 Å². The molecular formula is C19H15N2O4-. The van der Waals surface area contributed by atoms with Crippen LogP contribution in [-0.2, 0) is 0 Å². The molecule has 1 heterocycles. The summed E-state index contributed by atoms with van der Waals surface area (Å²) >= 11 is 0. The molecule has 25 heavy (non-hydrogen) atoms. The van der Waals surface area contributed by atoms with Gasteiger partial charge in [0.25, 0.3) is 5.69 Å². The van der Waals surface area contributed by atoms with Gasteiger partial charge in [-0.05, 0) is 41.2 Å². The van der Waals surface area contributed by atoms with Crippen LogP contribution in [0.25, 0.3) is 0 Å². The van der Waals surface area contributed by atoms with E-state index in [1.165, 1.54) is 12.1 Å². The van der Waals surface area contributed by atoms with Gasteiger partial charge in [-0.15, -0.1) is 0 Å². The average Bonchev–Trinajstić information content (AvgIpc) is 3.10. The van der Waals surface area contributed by atoms with E-state index in [2.05, 4.69) is 17.5 Å². The van der Waals surface area contributed by atoms with Gasteiger partial charge in [-0.25, -0.2) is 0 Å². The number of nitro groups is 1. The van der Waals surface area contributed by atoms with Crippen LogP contribution < -0.4 is 10.4 Å². The van der Waals surface area contributed by atoms with E-state index in [-0.39, 0.29) is 29.1 Å². The second-order valence-corrected chi connectivity index (χ2v) is 6.42. The number of carboxylic acids is 1. The minimum absolute atomic E-state index is 0.0683. The fourth-order valence-electron chi connectivity index (χ4n) is 3.88. The number of allylic oxidation sites excluding steroid dienone is 2. The molecule has 4 rings (SSSR count). The Kier molecular flexibility index (Phi) is 3.53. The van der Waals surface area contributed by atoms with Crippen molar-refractivity contribution in [3.05, 3.63) is 81.4 Å². The number of aromatic carboxylic acids is 1. The lowest BCUT2D eigenvalue weighted by molar-refractivity contribution is -0.384. The number of nitrogens with one attached hydrogen (secondary N) is 1. The number of carbonyl (C=O) groups excluding carboxylic acids is 1. The summed E-state index contributed by atoms with van der Waals surface area (Å²) in [5.74, 6) is -0.923. The summed E-state index contributed by atoms with van der Waals surface area (Å²) in [6, 6.07) is 11.5. The lowest BCUT2D eigenvalue weighted by atomic mass is 9.76. The molecule has 0 spiro atoms. The number of fused-ring (bicyclic) bond motifs is 3. The molecule has 0 radical (unpaired) electrons. The van der Waals surface area contributed by atoms with E-state index >= 15 is 0 Å². The molecule has 0 bridgehead atoms. The molecule has 1 N–H and O–H groups in total. The molecule has 0 saturated carbocycles. The molecule has 1 aliphatic heterocycles. The molecule has 0 aromatic heterocycles. The molecule has 2 aromatic rings. The Bertz CT molecular complexity index is 906. The van der Waals surface area contributed by atoms with Crippen LogP contribution >= 0.6 is 0 Å². The monoisotopic (exact) mass is 335 g/mol. The van der Waals surface area contributed by atoms with Crippen LogP contribution in [0.15, 0.2) is 54.6 Å². The maximum atomic E-state index is 11.2. The number of hydrogen-bond acceptors (Lipinski definition) is 5. The molecule has 2 aromatic carbocycles. The summed E-state index contributed by atoms with van der Waals surface area (Å²) in [6.07, 6.45) is 5.01. The fraction of sp³-hybridized carbons (Fsp3) is 0.211. The molecule has 0 unspecified atom stereocenters. The van der Waals surface area contributed by atoms with Crippen molar-refractivity contribution in [3.8, 4) is 0 Å². The average molecular weight is 335 g/mol. The van der Waals surface area contributed by atoms with Gasteiger partial charge in [0.15, 0.2) is 0 Å². The quantitative estimate of drug-likeness (QED) is 0.529. The van der Waals surface area contributed by atoms with Crippen LogP contribution in [0.5, 0.6) is 0 Å². The first kappa shape index (κ1) is 15.4. The summed E-state index contributed by atoms with van der Waals surface area (Å²) in [5.41, 5.74) is 2.88. The first-order valence-electron chi connectivity index (χ1n) is 8.07. The number of carbonyl (C=O) groups is 1. The second kappa shape index (κ2) is 5.73. The summed E-state index contributed by atoms with van der Waals surface area (Å²) in [6.45, 7) is 0. The highest BCUT2D eigenvalue weighted by molar-refractivity contribution is 5.87. The SMILES string of the molecule is O=C([O-])c1ccc2c(c1)[C@H]1C=CC[C@@H]1[C@H](c1cccc([N+](=O)[O-])c1)N2. The van der Waals surface area contributed by atoms with Gasteiger partial charge in [0.1, 0.15) is 0 Å². The van der Waals surface area contributed by atoms with E-state index in [0.29, 0.717) is 0 Å². The molecule has 2 aliphatic rings. The number of nitro benzene ring substituents is 1. The summed E-state index contributed by atoms with van der Waals surface area (Å²) < 4.78 is 0.